The Morgan fingerprint density at radius 3 is 1.20 bits per heavy atom. The summed E-state index contributed by atoms with van der Waals surface area (Å²) in [5.41, 5.74) is 37.4. The summed E-state index contributed by atoms with van der Waals surface area (Å²) in [4.78, 5) is 2.54. The Hall–Kier alpha value is -9.59. The molecule has 418 valence electrons. The number of benzene rings is 11. The molecule has 1 N–H and O–H groups in total. The zero-order chi connectivity index (χ0) is 59.3. The van der Waals surface area contributed by atoms with E-state index in [1.807, 2.05) is 0 Å². The monoisotopic (exact) mass is 1120 g/mol. The maximum atomic E-state index is 7.62. The molecule has 0 aliphatic carbocycles. The highest BCUT2D eigenvalue weighted by Gasteiger charge is 2.49. The Morgan fingerprint density at radius 1 is 0.287 bits per heavy atom. The molecule has 87 heavy (non-hydrogen) atoms. The first-order valence-electron chi connectivity index (χ1n) is 30.7. The van der Waals surface area contributed by atoms with Crippen molar-refractivity contribution < 1.29 is 18.9 Å². The quantitative estimate of drug-likeness (QED) is 0.177. The van der Waals surface area contributed by atoms with Gasteiger partial charge in [-0.25, -0.2) is 0 Å². The summed E-state index contributed by atoms with van der Waals surface area (Å²) in [6, 6.07) is 59.1. The summed E-state index contributed by atoms with van der Waals surface area (Å²) in [5, 5.41) is 4.02. The molecule has 6 aliphatic rings. The second-order valence-corrected chi connectivity index (χ2v) is 26.0. The number of fused-ring (bicyclic) bond motifs is 12. The van der Waals surface area contributed by atoms with E-state index in [-0.39, 0.29) is 20.1 Å². The van der Waals surface area contributed by atoms with Crippen LogP contribution in [0.5, 0.6) is 46.0 Å². The summed E-state index contributed by atoms with van der Waals surface area (Å²) in [7, 11) is 0. The molecule has 17 rings (SSSR count). The van der Waals surface area contributed by atoms with Crippen molar-refractivity contribution in [2.24, 2.45) is 0 Å². The van der Waals surface area contributed by atoms with Crippen molar-refractivity contribution in [2.75, 3.05) is 10.2 Å². The second kappa shape index (κ2) is 18.5. The van der Waals surface area contributed by atoms with Gasteiger partial charge in [0.25, 0.3) is 20.1 Å². The van der Waals surface area contributed by atoms with Crippen LogP contribution >= 0.6 is 0 Å². The zero-order valence-corrected chi connectivity index (χ0v) is 51.3. The zero-order valence-electron chi connectivity index (χ0n) is 51.3. The number of ether oxygens (including phenoxy) is 4. The van der Waals surface area contributed by atoms with E-state index < -0.39 is 0 Å². The molecule has 0 saturated carbocycles. The number of aryl methyl sites for hydroxylation is 12. The summed E-state index contributed by atoms with van der Waals surface area (Å²) in [6.45, 7) is 26.1. The molecule has 6 aliphatic heterocycles. The van der Waals surface area contributed by atoms with Crippen LogP contribution in [0.4, 0.5) is 28.4 Å². The maximum Gasteiger partial charge on any atom is 0.260 e. The number of rotatable bonds is 4. The van der Waals surface area contributed by atoms with Gasteiger partial charge in [-0.05, 0) is 253 Å². The predicted octanol–water partition coefficient (Wildman–Crippen LogP) is 14.2. The van der Waals surface area contributed by atoms with Gasteiger partial charge in [0.05, 0.1) is 5.69 Å². The van der Waals surface area contributed by atoms with Gasteiger partial charge < -0.3 is 29.2 Å². The van der Waals surface area contributed by atoms with Crippen LogP contribution in [0.25, 0.3) is 33.4 Å². The molecule has 0 unspecified atom stereocenters. The van der Waals surface area contributed by atoms with E-state index in [0.29, 0.717) is 0 Å². The molecule has 0 aromatic heterocycles. The van der Waals surface area contributed by atoms with E-state index in [0.717, 1.165) is 129 Å². The van der Waals surface area contributed by atoms with Crippen LogP contribution in [0.1, 0.15) is 66.8 Å². The Kier molecular flexibility index (Phi) is 11.0. The van der Waals surface area contributed by atoms with E-state index in [2.05, 4.69) is 251 Å². The fourth-order valence-electron chi connectivity index (χ4n) is 16.9. The van der Waals surface area contributed by atoms with Crippen LogP contribution in [0.15, 0.2) is 158 Å². The van der Waals surface area contributed by atoms with Crippen LogP contribution in [-0.4, -0.2) is 20.1 Å². The highest BCUT2D eigenvalue weighted by molar-refractivity contribution is 7.03. The van der Waals surface area contributed by atoms with Crippen molar-refractivity contribution >= 4 is 97.7 Å². The van der Waals surface area contributed by atoms with Gasteiger partial charge in [0.15, 0.2) is 0 Å². The third-order valence-corrected chi connectivity index (χ3v) is 19.7. The molecule has 0 atom stereocenters. The summed E-state index contributed by atoms with van der Waals surface area (Å²) >= 11 is 0. The highest BCUT2D eigenvalue weighted by Crippen LogP contribution is 2.49. The number of para-hydroxylation sites is 2. The Labute approximate surface area is 511 Å². The molecule has 0 saturated heterocycles. The van der Waals surface area contributed by atoms with Crippen molar-refractivity contribution in [3.8, 4) is 79.4 Å². The minimum Gasteiger partial charge on any atom is -0.458 e. The third-order valence-electron chi connectivity index (χ3n) is 19.7. The third kappa shape index (κ3) is 7.57. The predicted molar refractivity (Wildman–Crippen MR) is 364 cm³/mol. The van der Waals surface area contributed by atoms with Crippen LogP contribution < -0.4 is 78.3 Å². The Morgan fingerprint density at radius 2 is 0.678 bits per heavy atom. The van der Waals surface area contributed by atoms with Crippen molar-refractivity contribution in [3.63, 3.8) is 0 Å². The summed E-state index contributed by atoms with van der Waals surface area (Å²) in [5.74, 6) is 6.75. The molecule has 0 amide bonds. The number of hydrogen-bond acceptors (Lipinski definition) is 6. The van der Waals surface area contributed by atoms with Crippen LogP contribution in [0.2, 0.25) is 0 Å². The van der Waals surface area contributed by atoms with E-state index in [4.69, 9.17) is 18.9 Å². The first kappa shape index (κ1) is 51.8. The second-order valence-electron chi connectivity index (χ2n) is 26.0. The highest BCUT2D eigenvalue weighted by atomic mass is 16.5. The fraction of sp³-hybridized carbons (Fsp3) is 0.154. The lowest BCUT2D eigenvalue weighted by atomic mass is 9.30. The molecular weight excluding hydrogens is 1060 g/mol. The standard InChI is InChI=1S/C78H63B3N2O4/c1-39-21-43(5)72(44(6)22-39)51-29-61-75-68(31-51)84-64-19-15-13-17-54(64)79(75)56-35-58-66(37-60(56)82-61)86-70-33-53(74-47(9)25-41(3)26-48(74)10)34-71-77(70)81(58)59-36-57-62(38-67(59)87-71)83(78-49(11)27-42(4)28-50(78)12)63-30-52(73-45(7)23-40(2)24-46(73)8)32-69-76(63)80(57)55-18-14-16-20-65(55)85-69/h13-38,82H,1-12H3. The van der Waals surface area contributed by atoms with Crippen LogP contribution in [0, 0.1) is 83.1 Å². The normalized spacial score (nSPS) is 13.7. The molecule has 0 fully saturated rings. The lowest BCUT2D eigenvalue weighted by molar-refractivity contribution is 0.465. The molecule has 6 nitrogen and oxygen atoms in total. The number of nitrogens with one attached hydrogen (secondary N) is 1. The lowest BCUT2D eigenvalue weighted by Crippen LogP contribution is -2.64. The van der Waals surface area contributed by atoms with Gasteiger partial charge in [0.2, 0.25) is 0 Å². The van der Waals surface area contributed by atoms with E-state index in [9.17, 15) is 0 Å². The molecule has 0 spiro atoms. The van der Waals surface area contributed by atoms with E-state index >= 15 is 0 Å². The topological polar surface area (TPSA) is 52.2 Å². The van der Waals surface area contributed by atoms with Crippen molar-refractivity contribution in [1.82, 2.24) is 0 Å². The number of anilines is 5. The van der Waals surface area contributed by atoms with Gasteiger partial charge in [0.1, 0.15) is 46.0 Å². The van der Waals surface area contributed by atoms with Crippen molar-refractivity contribution in [1.29, 1.82) is 0 Å². The van der Waals surface area contributed by atoms with Crippen LogP contribution in [-0.2, 0) is 0 Å². The average molecular weight is 1120 g/mol. The van der Waals surface area contributed by atoms with E-state index in [1.54, 1.807) is 0 Å². The maximum absolute atomic E-state index is 7.62. The van der Waals surface area contributed by atoms with Gasteiger partial charge in [-0.3, -0.25) is 0 Å². The summed E-state index contributed by atoms with van der Waals surface area (Å²) < 4.78 is 29.3. The smallest absolute Gasteiger partial charge is 0.260 e. The minimum atomic E-state index is -0.264. The van der Waals surface area contributed by atoms with Gasteiger partial charge in [0, 0.05) is 40.3 Å². The van der Waals surface area contributed by atoms with Crippen molar-refractivity contribution in [2.45, 2.75) is 83.1 Å². The molecular formula is C78H63B3N2O4. The van der Waals surface area contributed by atoms with Crippen LogP contribution in [0.3, 0.4) is 0 Å². The molecule has 9 heteroatoms. The average Bonchev–Trinajstić information content (AvgIpc) is 0.785. The SMILES string of the molecule is Cc1cc(C)c(-c2cc3c4c(c2)Oc2ccccc2B4c2cc4c(cc2N3)Oc2cc(-c3c(C)cc(C)cc3C)cc3c2B4c2cc4c(cc2O3)N(c2c(C)cc(C)cc2C)c2cc(-c3c(C)cc(C)cc3C)cc3c2B4c2ccccc2O3)c(C)c1. The van der Waals surface area contributed by atoms with Gasteiger partial charge >= 0.3 is 0 Å². The molecule has 11 aromatic rings. The lowest BCUT2D eigenvalue weighted by Gasteiger charge is -2.43. The minimum absolute atomic E-state index is 0.116. The summed E-state index contributed by atoms with van der Waals surface area (Å²) in [6.07, 6.45) is 0. The van der Waals surface area contributed by atoms with Crippen molar-refractivity contribution in [3.05, 3.63) is 224 Å². The van der Waals surface area contributed by atoms with Gasteiger partial charge in [-0.2, -0.15) is 0 Å². The number of nitrogens with zero attached hydrogens (tertiary/aromatic N) is 1. The molecule has 0 bridgehead atoms. The number of hydrogen-bond donors (Lipinski definition) is 1. The fourth-order valence-corrected chi connectivity index (χ4v) is 16.9. The van der Waals surface area contributed by atoms with Gasteiger partial charge in [-0.15, -0.1) is 0 Å². The Balaban J connectivity index is 0.929. The largest absolute Gasteiger partial charge is 0.458 e. The Bertz CT molecular complexity index is 4890. The molecule has 11 aromatic carbocycles. The first-order valence-corrected chi connectivity index (χ1v) is 30.7. The molecule has 0 radical (unpaired) electrons. The first-order chi connectivity index (χ1) is 42.0. The van der Waals surface area contributed by atoms with E-state index in [1.165, 1.54) is 94.4 Å². The molecule has 6 heterocycles. The van der Waals surface area contributed by atoms with Gasteiger partial charge in [-0.1, -0.05) is 119 Å².